The van der Waals surface area contributed by atoms with Crippen molar-refractivity contribution in [3.8, 4) is 0 Å². The third kappa shape index (κ3) is 2.61. The molecular weight excluding hydrogens is 278 g/mol. The van der Waals surface area contributed by atoms with Crippen molar-refractivity contribution >= 4 is 5.91 Å². The second-order valence-electron chi connectivity index (χ2n) is 5.83. The summed E-state index contributed by atoms with van der Waals surface area (Å²) in [5.41, 5.74) is 3.91. The lowest BCUT2D eigenvalue weighted by Crippen LogP contribution is -2.32. The summed E-state index contributed by atoms with van der Waals surface area (Å²) in [7, 11) is 1.91. The van der Waals surface area contributed by atoms with Gasteiger partial charge in [0.1, 0.15) is 0 Å². The van der Waals surface area contributed by atoms with Gasteiger partial charge in [0.15, 0.2) is 0 Å². The van der Waals surface area contributed by atoms with Gasteiger partial charge in [-0.3, -0.25) is 19.4 Å². The fraction of sp³-hybridized carbons (Fsp3) is 0.500. The summed E-state index contributed by atoms with van der Waals surface area (Å²) in [5.74, 6) is 0.146. The number of carbonyl (C=O) groups is 1. The second kappa shape index (κ2) is 5.87. The number of likely N-dealkylation sites (tertiary alicyclic amines) is 1. The van der Waals surface area contributed by atoms with Crippen LogP contribution in [0.15, 0.2) is 18.6 Å². The summed E-state index contributed by atoms with van der Waals surface area (Å²) in [4.78, 5) is 23.2. The summed E-state index contributed by atoms with van der Waals surface area (Å²) in [6.45, 7) is 4.75. The number of hydrogen-bond acceptors (Lipinski definition) is 4. The predicted molar refractivity (Wildman–Crippen MR) is 82.1 cm³/mol. The summed E-state index contributed by atoms with van der Waals surface area (Å²) < 4.78 is 1.84. The number of hydrogen-bond donors (Lipinski definition) is 0. The van der Waals surface area contributed by atoms with Crippen molar-refractivity contribution < 1.29 is 4.79 Å². The Balaban J connectivity index is 1.79. The summed E-state index contributed by atoms with van der Waals surface area (Å²) >= 11 is 0. The van der Waals surface area contributed by atoms with Gasteiger partial charge in [0.05, 0.1) is 30.0 Å². The minimum atomic E-state index is 0.0542. The first-order chi connectivity index (χ1) is 10.6. The smallest absolute Gasteiger partial charge is 0.227 e. The lowest BCUT2D eigenvalue weighted by Gasteiger charge is -2.24. The predicted octanol–water partition coefficient (Wildman–Crippen LogP) is 1.73. The standard InChI is InChI=1S/C16H21N5O/c1-11-13(12(2)20(3)19-11)9-16(22)21-8-4-5-15(21)14-10-17-6-7-18-14/h6-7,10,15H,4-5,8-9H2,1-3H3. The normalized spacial score (nSPS) is 18.0. The molecule has 1 aliphatic heterocycles. The van der Waals surface area contributed by atoms with Crippen LogP contribution in [0.3, 0.4) is 0 Å². The fourth-order valence-corrected chi connectivity index (χ4v) is 3.18. The van der Waals surface area contributed by atoms with Gasteiger partial charge in [-0.15, -0.1) is 0 Å². The molecule has 0 radical (unpaired) electrons. The van der Waals surface area contributed by atoms with Crippen molar-refractivity contribution in [2.45, 2.75) is 39.2 Å². The van der Waals surface area contributed by atoms with Crippen molar-refractivity contribution in [1.82, 2.24) is 24.6 Å². The summed E-state index contributed by atoms with van der Waals surface area (Å²) in [5, 5.41) is 4.39. The van der Waals surface area contributed by atoms with E-state index in [1.807, 2.05) is 30.5 Å². The maximum Gasteiger partial charge on any atom is 0.227 e. The molecule has 0 spiro atoms. The molecule has 1 saturated heterocycles. The Bertz CT molecular complexity index is 679. The molecule has 0 N–H and O–H groups in total. The Morgan fingerprint density at radius 2 is 2.18 bits per heavy atom. The van der Waals surface area contributed by atoms with E-state index in [-0.39, 0.29) is 11.9 Å². The van der Waals surface area contributed by atoms with Gasteiger partial charge in [-0.25, -0.2) is 0 Å². The van der Waals surface area contributed by atoms with Gasteiger partial charge in [-0.05, 0) is 26.7 Å². The lowest BCUT2D eigenvalue weighted by molar-refractivity contribution is -0.131. The second-order valence-corrected chi connectivity index (χ2v) is 5.83. The third-order valence-electron chi connectivity index (χ3n) is 4.48. The molecular formula is C16H21N5O. The average Bonchev–Trinajstić information content (AvgIpc) is 3.09. The molecule has 22 heavy (non-hydrogen) atoms. The molecule has 0 aliphatic carbocycles. The van der Waals surface area contributed by atoms with Crippen LogP contribution in [0.25, 0.3) is 0 Å². The molecule has 1 aliphatic rings. The largest absolute Gasteiger partial charge is 0.334 e. The van der Waals surface area contributed by atoms with E-state index in [1.165, 1.54) is 0 Å². The van der Waals surface area contributed by atoms with Gasteiger partial charge >= 0.3 is 0 Å². The molecule has 3 heterocycles. The minimum absolute atomic E-state index is 0.0542. The van der Waals surface area contributed by atoms with Crippen LogP contribution in [0, 0.1) is 13.8 Å². The van der Waals surface area contributed by atoms with E-state index in [2.05, 4.69) is 15.1 Å². The molecule has 1 amide bonds. The van der Waals surface area contributed by atoms with Crippen LogP contribution in [-0.4, -0.2) is 37.1 Å². The molecule has 6 nitrogen and oxygen atoms in total. The van der Waals surface area contributed by atoms with Crippen LogP contribution in [0.4, 0.5) is 0 Å². The van der Waals surface area contributed by atoms with E-state index in [0.717, 1.165) is 42.0 Å². The Labute approximate surface area is 130 Å². The fourth-order valence-electron chi connectivity index (χ4n) is 3.18. The molecule has 1 fully saturated rings. The highest BCUT2D eigenvalue weighted by atomic mass is 16.2. The molecule has 2 aromatic rings. The molecule has 3 rings (SSSR count). The topological polar surface area (TPSA) is 63.9 Å². The summed E-state index contributed by atoms with van der Waals surface area (Å²) in [6, 6.07) is 0.0542. The van der Waals surface area contributed by atoms with Crippen LogP contribution >= 0.6 is 0 Å². The van der Waals surface area contributed by atoms with Crippen molar-refractivity contribution in [2.75, 3.05) is 6.54 Å². The van der Waals surface area contributed by atoms with Crippen molar-refractivity contribution in [1.29, 1.82) is 0 Å². The van der Waals surface area contributed by atoms with Crippen LogP contribution in [-0.2, 0) is 18.3 Å². The highest BCUT2D eigenvalue weighted by Crippen LogP contribution is 2.31. The molecule has 2 aromatic heterocycles. The molecule has 1 atom stereocenters. The Hall–Kier alpha value is -2.24. The van der Waals surface area contributed by atoms with Gasteiger partial charge in [-0.2, -0.15) is 5.10 Å². The van der Waals surface area contributed by atoms with Crippen molar-refractivity contribution in [3.05, 3.63) is 41.2 Å². The van der Waals surface area contributed by atoms with Crippen LogP contribution in [0.2, 0.25) is 0 Å². The zero-order valence-corrected chi connectivity index (χ0v) is 13.3. The molecule has 6 heteroatoms. The van der Waals surface area contributed by atoms with Crippen molar-refractivity contribution in [2.24, 2.45) is 7.05 Å². The van der Waals surface area contributed by atoms with Gasteiger partial charge < -0.3 is 4.90 Å². The number of amides is 1. The van der Waals surface area contributed by atoms with Gasteiger partial charge in [0.2, 0.25) is 5.91 Å². The van der Waals surface area contributed by atoms with Crippen LogP contribution < -0.4 is 0 Å². The number of rotatable bonds is 3. The zero-order chi connectivity index (χ0) is 15.7. The first kappa shape index (κ1) is 14.7. The van der Waals surface area contributed by atoms with Gasteiger partial charge in [-0.1, -0.05) is 0 Å². The first-order valence-electron chi connectivity index (χ1n) is 7.62. The molecule has 0 bridgehead atoms. The van der Waals surface area contributed by atoms with Crippen LogP contribution in [0.5, 0.6) is 0 Å². The number of aromatic nitrogens is 4. The summed E-state index contributed by atoms with van der Waals surface area (Å²) in [6.07, 6.45) is 7.48. The number of nitrogens with zero attached hydrogens (tertiary/aromatic N) is 5. The van der Waals surface area contributed by atoms with Gasteiger partial charge in [0.25, 0.3) is 0 Å². The monoisotopic (exact) mass is 299 g/mol. The van der Waals surface area contributed by atoms with E-state index in [4.69, 9.17) is 0 Å². The highest BCUT2D eigenvalue weighted by Gasteiger charge is 2.31. The molecule has 1 unspecified atom stereocenters. The Kier molecular flexibility index (Phi) is 3.92. The zero-order valence-electron chi connectivity index (χ0n) is 13.3. The van der Waals surface area contributed by atoms with E-state index in [9.17, 15) is 4.79 Å². The third-order valence-corrected chi connectivity index (χ3v) is 4.48. The minimum Gasteiger partial charge on any atom is -0.334 e. The molecule has 116 valence electrons. The van der Waals surface area contributed by atoms with E-state index in [0.29, 0.717) is 6.42 Å². The quantitative estimate of drug-likeness (QED) is 0.866. The SMILES string of the molecule is Cc1nn(C)c(C)c1CC(=O)N1CCCC1c1cnccn1. The van der Waals surface area contributed by atoms with E-state index in [1.54, 1.807) is 18.6 Å². The van der Waals surface area contributed by atoms with Gasteiger partial charge in [0, 0.05) is 37.2 Å². The highest BCUT2D eigenvalue weighted by molar-refractivity contribution is 5.80. The van der Waals surface area contributed by atoms with Crippen molar-refractivity contribution in [3.63, 3.8) is 0 Å². The molecule has 0 saturated carbocycles. The Morgan fingerprint density at radius 3 is 2.82 bits per heavy atom. The maximum atomic E-state index is 12.8. The maximum absolute atomic E-state index is 12.8. The number of carbonyl (C=O) groups excluding carboxylic acids is 1. The average molecular weight is 299 g/mol. The first-order valence-corrected chi connectivity index (χ1v) is 7.62. The number of aryl methyl sites for hydroxylation is 2. The molecule has 0 aromatic carbocycles. The van der Waals surface area contributed by atoms with E-state index >= 15 is 0 Å². The van der Waals surface area contributed by atoms with Crippen LogP contribution in [0.1, 0.15) is 41.5 Å². The Morgan fingerprint density at radius 1 is 1.36 bits per heavy atom. The van der Waals surface area contributed by atoms with E-state index < -0.39 is 0 Å². The lowest BCUT2D eigenvalue weighted by atomic mass is 10.1.